The molecule has 2 aromatic carbocycles. The van der Waals surface area contributed by atoms with Crippen molar-refractivity contribution in [3.05, 3.63) is 71.0 Å². The number of amides is 3. The number of imide groups is 1. The highest BCUT2D eigenvalue weighted by atomic mass is 19.1. The summed E-state index contributed by atoms with van der Waals surface area (Å²) in [7, 11) is 0. The predicted octanol–water partition coefficient (Wildman–Crippen LogP) is 2.49. The number of nitriles is 1. The fraction of sp³-hybridized carbons (Fsp3) is 0.118. The molecule has 1 atom stereocenters. The van der Waals surface area contributed by atoms with E-state index in [1.165, 1.54) is 24.3 Å². The minimum Gasteiger partial charge on any atom is -0.322 e. The first-order chi connectivity index (χ1) is 11.1. The minimum atomic E-state index is -0.836. The van der Waals surface area contributed by atoms with Gasteiger partial charge in [-0.2, -0.15) is 5.26 Å². The van der Waals surface area contributed by atoms with E-state index in [9.17, 15) is 14.0 Å². The van der Waals surface area contributed by atoms with Gasteiger partial charge >= 0.3 is 6.03 Å². The summed E-state index contributed by atoms with van der Waals surface area (Å²) in [5.41, 5.74) is 1.53. The Morgan fingerprint density at radius 3 is 2.52 bits per heavy atom. The van der Waals surface area contributed by atoms with Gasteiger partial charge in [-0.05, 0) is 29.3 Å². The summed E-state index contributed by atoms with van der Waals surface area (Å²) >= 11 is 0. The first kappa shape index (κ1) is 14.7. The summed E-state index contributed by atoms with van der Waals surface area (Å²) in [6, 6.07) is 12.9. The Balaban J connectivity index is 1.84. The van der Waals surface area contributed by atoms with Gasteiger partial charge in [0.2, 0.25) is 0 Å². The van der Waals surface area contributed by atoms with Crippen LogP contribution in [0.15, 0.2) is 48.5 Å². The number of halogens is 1. The Kier molecular flexibility index (Phi) is 3.77. The van der Waals surface area contributed by atoms with Crippen LogP contribution in [0, 0.1) is 17.1 Å². The van der Waals surface area contributed by atoms with Crippen LogP contribution in [-0.2, 0) is 11.3 Å². The molecule has 2 aromatic rings. The van der Waals surface area contributed by atoms with Crippen molar-refractivity contribution in [2.45, 2.75) is 12.6 Å². The first-order valence-electron chi connectivity index (χ1n) is 6.95. The van der Waals surface area contributed by atoms with E-state index in [2.05, 4.69) is 5.32 Å². The summed E-state index contributed by atoms with van der Waals surface area (Å²) in [5, 5.41) is 11.7. The summed E-state index contributed by atoms with van der Waals surface area (Å²) in [4.78, 5) is 25.6. The Morgan fingerprint density at radius 1 is 1.13 bits per heavy atom. The first-order valence-corrected chi connectivity index (χ1v) is 6.95. The number of carbonyl (C=O) groups is 2. The molecule has 1 saturated heterocycles. The number of hydrogen-bond donors (Lipinski definition) is 1. The highest BCUT2D eigenvalue weighted by molar-refractivity contribution is 6.04. The standard InChI is InChI=1S/C17H12FN3O2/c18-14-7-5-11(6-8-14)15-16(22)21(17(23)20-15)10-13-4-2-1-3-12(13)9-19/h1-8,15H,10H2,(H,20,23). The lowest BCUT2D eigenvalue weighted by Crippen LogP contribution is -2.30. The van der Waals surface area contributed by atoms with Gasteiger partial charge < -0.3 is 5.32 Å². The van der Waals surface area contributed by atoms with Crippen LogP contribution in [0.2, 0.25) is 0 Å². The molecule has 3 rings (SSSR count). The second kappa shape index (κ2) is 5.89. The Hall–Kier alpha value is -3.20. The molecule has 1 N–H and O–H groups in total. The number of nitrogens with one attached hydrogen (secondary N) is 1. The van der Waals surface area contributed by atoms with Crippen LogP contribution >= 0.6 is 0 Å². The molecule has 1 fully saturated rings. The van der Waals surface area contributed by atoms with E-state index < -0.39 is 23.8 Å². The molecule has 0 aromatic heterocycles. The van der Waals surface area contributed by atoms with Gasteiger partial charge in [0, 0.05) is 0 Å². The second-order valence-corrected chi connectivity index (χ2v) is 5.13. The molecule has 0 bridgehead atoms. The third-order valence-corrected chi connectivity index (χ3v) is 3.70. The maximum Gasteiger partial charge on any atom is 0.325 e. The van der Waals surface area contributed by atoms with Crippen molar-refractivity contribution < 1.29 is 14.0 Å². The van der Waals surface area contributed by atoms with Crippen molar-refractivity contribution in [1.82, 2.24) is 10.2 Å². The minimum absolute atomic E-state index is 0.0199. The number of hydrogen-bond acceptors (Lipinski definition) is 3. The van der Waals surface area contributed by atoms with Crippen LogP contribution in [0.4, 0.5) is 9.18 Å². The SMILES string of the molecule is N#Cc1ccccc1CN1C(=O)NC(c2ccc(F)cc2)C1=O. The van der Waals surface area contributed by atoms with Gasteiger partial charge in [0.05, 0.1) is 18.2 Å². The number of nitrogens with zero attached hydrogens (tertiary/aromatic N) is 2. The van der Waals surface area contributed by atoms with E-state index in [4.69, 9.17) is 5.26 Å². The lowest BCUT2D eigenvalue weighted by molar-refractivity contribution is -0.128. The van der Waals surface area contributed by atoms with E-state index >= 15 is 0 Å². The number of urea groups is 1. The molecule has 23 heavy (non-hydrogen) atoms. The monoisotopic (exact) mass is 309 g/mol. The van der Waals surface area contributed by atoms with Crippen molar-refractivity contribution in [3.63, 3.8) is 0 Å². The van der Waals surface area contributed by atoms with Crippen LogP contribution in [-0.4, -0.2) is 16.8 Å². The lowest BCUT2D eigenvalue weighted by Gasteiger charge is -2.14. The van der Waals surface area contributed by atoms with Gasteiger partial charge in [0.1, 0.15) is 11.9 Å². The molecule has 114 valence electrons. The van der Waals surface area contributed by atoms with Gasteiger partial charge in [-0.3, -0.25) is 9.69 Å². The smallest absolute Gasteiger partial charge is 0.322 e. The zero-order valence-electron chi connectivity index (χ0n) is 12.0. The molecule has 0 spiro atoms. The molecule has 5 nitrogen and oxygen atoms in total. The fourth-order valence-corrected chi connectivity index (χ4v) is 2.49. The lowest BCUT2D eigenvalue weighted by atomic mass is 10.1. The summed E-state index contributed by atoms with van der Waals surface area (Å²) in [6.45, 7) is 0.0199. The number of carbonyl (C=O) groups excluding carboxylic acids is 2. The highest BCUT2D eigenvalue weighted by Gasteiger charge is 2.39. The largest absolute Gasteiger partial charge is 0.325 e. The van der Waals surface area contributed by atoms with E-state index in [0.29, 0.717) is 16.7 Å². The third-order valence-electron chi connectivity index (χ3n) is 3.70. The molecular weight excluding hydrogens is 297 g/mol. The maximum atomic E-state index is 13.0. The highest BCUT2D eigenvalue weighted by Crippen LogP contribution is 2.24. The summed E-state index contributed by atoms with van der Waals surface area (Å²) < 4.78 is 13.0. The topological polar surface area (TPSA) is 73.2 Å². The zero-order chi connectivity index (χ0) is 16.4. The second-order valence-electron chi connectivity index (χ2n) is 5.13. The molecule has 6 heteroatoms. The number of rotatable bonds is 3. The molecule has 3 amide bonds. The van der Waals surface area contributed by atoms with E-state index in [0.717, 1.165) is 4.90 Å². The molecule has 1 heterocycles. The van der Waals surface area contributed by atoms with Gasteiger partial charge in [-0.15, -0.1) is 0 Å². The average Bonchev–Trinajstić information content (AvgIpc) is 2.84. The van der Waals surface area contributed by atoms with Crippen molar-refractivity contribution in [2.24, 2.45) is 0 Å². The molecular formula is C17H12FN3O2. The van der Waals surface area contributed by atoms with E-state index in [-0.39, 0.29) is 6.54 Å². The predicted molar refractivity (Wildman–Crippen MR) is 79.4 cm³/mol. The van der Waals surface area contributed by atoms with Crippen LogP contribution in [0.3, 0.4) is 0 Å². The summed E-state index contributed by atoms with van der Waals surface area (Å²) in [5.74, 6) is -0.834. The van der Waals surface area contributed by atoms with Crippen LogP contribution in [0.1, 0.15) is 22.7 Å². The summed E-state index contributed by atoms with van der Waals surface area (Å²) in [6.07, 6.45) is 0. The Morgan fingerprint density at radius 2 is 1.83 bits per heavy atom. The third kappa shape index (κ3) is 2.77. The Bertz CT molecular complexity index is 811. The van der Waals surface area contributed by atoms with Gasteiger partial charge in [0.15, 0.2) is 0 Å². The van der Waals surface area contributed by atoms with Crippen LogP contribution in [0.25, 0.3) is 0 Å². The fourth-order valence-electron chi connectivity index (χ4n) is 2.49. The average molecular weight is 309 g/mol. The van der Waals surface area contributed by atoms with Crippen molar-refractivity contribution in [3.8, 4) is 6.07 Å². The quantitative estimate of drug-likeness (QED) is 0.885. The normalized spacial score (nSPS) is 17.0. The Labute approximate surface area is 131 Å². The van der Waals surface area contributed by atoms with E-state index in [1.54, 1.807) is 24.3 Å². The molecule has 1 unspecified atom stereocenters. The molecule has 0 radical (unpaired) electrons. The zero-order valence-corrected chi connectivity index (χ0v) is 12.0. The molecule has 0 saturated carbocycles. The van der Waals surface area contributed by atoms with Crippen molar-refractivity contribution in [1.29, 1.82) is 5.26 Å². The van der Waals surface area contributed by atoms with Gasteiger partial charge in [-0.1, -0.05) is 30.3 Å². The maximum absolute atomic E-state index is 13.0. The van der Waals surface area contributed by atoms with Crippen LogP contribution < -0.4 is 5.32 Å². The van der Waals surface area contributed by atoms with Crippen molar-refractivity contribution >= 4 is 11.9 Å². The van der Waals surface area contributed by atoms with Crippen molar-refractivity contribution in [2.75, 3.05) is 0 Å². The molecule has 0 aliphatic carbocycles. The van der Waals surface area contributed by atoms with Gasteiger partial charge in [0.25, 0.3) is 5.91 Å². The number of benzene rings is 2. The van der Waals surface area contributed by atoms with Gasteiger partial charge in [-0.25, -0.2) is 9.18 Å². The van der Waals surface area contributed by atoms with E-state index in [1.807, 2.05) is 6.07 Å². The molecule has 1 aliphatic rings. The molecule has 1 aliphatic heterocycles. The van der Waals surface area contributed by atoms with Crippen LogP contribution in [0.5, 0.6) is 0 Å².